The molecule has 0 bridgehead atoms. The van der Waals surface area contributed by atoms with E-state index in [0.717, 1.165) is 33.9 Å². The van der Waals surface area contributed by atoms with Gasteiger partial charge in [0.05, 0.1) is 5.52 Å². The van der Waals surface area contributed by atoms with E-state index in [4.69, 9.17) is 0 Å². The van der Waals surface area contributed by atoms with Gasteiger partial charge in [0.25, 0.3) is 0 Å². The molecule has 246 valence electrons. The highest BCUT2D eigenvalue weighted by molar-refractivity contribution is 5.98. The molecule has 7 aromatic rings. The van der Waals surface area contributed by atoms with Gasteiger partial charge in [0.1, 0.15) is 0 Å². The number of nitrogens with zero attached hydrogens (tertiary/aromatic N) is 1. The number of anilines is 2. The van der Waals surface area contributed by atoms with Crippen LogP contribution in [0.25, 0.3) is 55.7 Å². The fraction of sp³-hybridized carbons (Fsp3) is 0.0612. The molecule has 0 atom stereocenters. The summed E-state index contributed by atoms with van der Waals surface area (Å²) < 4.78 is 2.34. The minimum atomic E-state index is 1.04. The molecule has 0 aliphatic rings. The number of aryl methyl sites for hydroxylation is 1. The summed E-state index contributed by atoms with van der Waals surface area (Å²) in [7, 11) is 0. The number of rotatable bonds is 9. The van der Waals surface area contributed by atoms with Crippen LogP contribution in [0.4, 0.5) is 11.4 Å². The number of fused-ring (bicyclic) bond motifs is 2. The molecule has 1 heterocycles. The lowest BCUT2D eigenvalue weighted by atomic mass is 9.95. The Kier molecular flexibility index (Phi) is 9.64. The molecular formula is C49H40N2. The Labute approximate surface area is 301 Å². The molecular weight excluding hydrogens is 617 g/mol. The summed E-state index contributed by atoms with van der Waals surface area (Å²) in [6.45, 7) is 10.1. The fourth-order valence-electron chi connectivity index (χ4n) is 6.75. The first-order valence-corrected chi connectivity index (χ1v) is 17.3. The molecule has 7 rings (SSSR count). The number of allylic oxidation sites excluding steroid dienone is 6. The molecule has 1 aromatic heterocycles. The van der Waals surface area contributed by atoms with Crippen molar-refractivity contribution >= 4 is 50.3 Å². The molecule has 0 saturated carbocycles. The average molecular weight is 657 g/mol. The number of para-hydroxylation sites is 1. The van der Waals surface area contributed by atoms with E-state index in [1.54, 1.807) is 0 Å². The van der Waals surface area contributed by atoms with E-state index in [0.29, 0.717) is 0 Å². The smallest absolute Gasteiger partial charge is 0.0537 e. The van der Waals surface area contributed by atoms with Crippen LogP contribution in [0.15, 0.2) is 170 Å². The van der Waals surface area contributed by atoms with Crippen molar-refractivity contribution in [2.24, 2.45) is 0 Å². The first kappa shape index (κ1) is 33.0. The van der Waals surface area contributed by atoms with E-state index >= 15 is 0 Å². The highest BCUT2D eigenvalue weighted by Crippen LogP contribution is 2.33. The highest BCUT2D eigenvalue weighted by atomic mass is 15.0. The van der Waals surface area contributed by atoms with Crippen LogP contribution in [0, 0.1) is 18.8 Å². The summed E-state index contributed by atoms with van der Waals surface area (Å²) in [4.78, 5) is 0. The van der Waals surface area contributed by atoms with Crippen LogP contribution >= 0.6 is 0 Å². The second-order valence-corrected chi connectivity index (χ2v) is 12.6. The van der Waals surface area contributed by atoms with Gasteiger partial charge in [-0.2, -0.15) is 0 Å². The van der Waals surface area contributed by atoms with Gasteiger partial charge in [-0.05, 0) is 125 Å². The zero-order valence-electron chi connectivity index (χ0n) is 29.3. The van der Waals surface area contributed by atoms with Crippen molar-refractivity contribution < 1.29 is 0 Å². The Hall–Kier alpha value is -6.56. The van der Waals surface area contributed by atoms with Crippen LogP contribution in [-0.4, -0.2) is 4.57 Å². The summed E-state index contributed by atoms with van der Waals surface area (Å²) >= 11 is 0. The Morgan fingerprint density at radius 1 is 0.725 bits per heavy atom. The maximum atomic E-state index is 3.89. The van der Waals surface area contributed by atoms with Gasteiger partial charge >= 0.3 is 0 Å². The number of nitrogens with one attached hydrogen (secondary N) is 1. The molecule has 51 heavy (non-hydrogen) atoms. The number of hydrogen-bond acceptors (Lipinski definition) is 1. The van der Waals surface area contributed by atoms with Crippen molar-refractivity contribution in [1.82, 2.24) is 4.57 Å². The van der Waals surface area contributed by atoms with Gasteiger partial charge in [-0.15, -0.1) is 5.92 Å². The molecule has 0 saturated heterocycles. The number of hydrogen-bond donors (Lipinski definition) is 1. The third-order valence-corrected chi connectivity index (χ3v) is 9.36. The summed E-state index contributed by atoms with van der Waals surface area (Å²) in [5.41, 5.74) is 13.8. The molecule has 0 unspecified atom stereocenters. The first-order chi connectivity index (χ1) is 25.0. The van der Waals surface area contributed by atoms with Gasteiger partial charge in [0.15, 0.2) is 0 Å². The number of benzene rings is 6. The van der Waals surface area contributed by atoms with Gasteiger partial charge in [-0.1, -0.05) is 128 Å². The normalized spacial score (nSPS) is 11.9. The van der Waals surface area contributed by atoms with E-state index in [1.807, 2.05) is 25.2 Å². The predicted octanol–water partition coefficient (Wildman–Crippen LogP) is 13.2. The van der Waals surface area contributed by atoms with Crippen LogP contribution in [0.5, 0.6) is 0 Å². The number of aromatic nitrogens is 1. The van der Waals surface area contributed by atoms with Gasteiger partial charge in [-0.3, -0.25) is 0 Å². The minimum Gasteiger partial charge on any atom is -0.356 e. The molecule has 2 nitrogen and oxygen atoms in total. The van der Waals surface area contributed by atoms with Crippen LogP contribution in [0.3, 0.4) is 0 Å². The average Bonchev–Trinajstić information content (AvgIpc) is 3.46. The highest BCUT2D eigenvalue weighted by Gasteiger charge is 2.14. The fourth-order valence-corrected chi connectivity index (χ4v) is 6.75. The van der Waals surface area contributed by atoms with Crippen LogP contribution in [-0.2, 0) is 0 Å². The quantitative estimate of drug-likeness (QED) is 0.121. The summed E-state index contributed by atoms with van der Waals surface area (Å²) in [6, 6.07) is 49.6. The predicted molar refractivity (Wildman–Crippen MR) is 221 cm³/mol. The third kappa shape index (κ3) is 6.97. The van der Waals surface area contributed by atoms with Crippen molar-refractivity contribution in [3.8, 4) is 28.7 Å². The van der Waals surface area contributed by atoms with E-state index in [9.17, 15) is 0 Å². The second-order valence-electron chi connectivity index (χ2n) is 12.6. The molecule has 0 aliphatic heterocycles. The monoisotopic (exact) mass is 656 g/mol. The van der Waals surface area contributed by atoms with Gasteiger partial charge in [0.2, 0.25) is 0 Å². The third-order valence-electron chi connectivity index (χ3n) is 9.36. The van der Waals surface area contributed by atoms with Crippen LogP contribution in [0.1, 0.15) is 36.2 Å². The topological polar surface area (TPSA) is 17.0 Å². The van der Waals surface area contributed by atoms with Crippen molar-refractivity contribution in [3.63, 3.8) is 0 Å². The largest absolute Gasteiger partial charge is 0.356 e. The lowest BCUT2D eigenvalue weighted by molar-refractivity contribution is 1.10. The van der Waals surface area contributed by atoms with Gasteiger partial charge in [0, 0.05) is 28.1 Å². The summed E-state index contributed by atoms with van der Waals surface area (Å²) in [6.07, 6.45) is 10.2. The Morgan fingerprint density at radius 2 is 1.41 bits per heavy atom. The minimum absolute atomic E-state index is 1.04. The van der Waals surface area contributed by atoms with Gasteiger partial charge < -0.3 is 9.88 Å². The first-order valence-electron chi connectivity index (χ1n) is 17.3. The standard InChI is InChI=1S/C49H40N2/c1-5-7-15-41(47-22-14-17-39-16-9-10-21-46(39)47)33-35(3)37-25-29-42(30-26-37)50-43-31-27-38(28-32-43)40-18-13-19-44(34-40)51-48(23-8-6-2)36(4)45-20-11-12-24-49(45)51/h6,8-34,50H,2H2,1,3-4H3/b23-8-,35-33+,41-15+. The van der Waals surface area contributed by atoms with Crippen molar-refractivity contribution in [1.29, 1.82) is 0 Å². The summed E-state index contributed by atoms with van der Waals surface area (Å²) in [5.74, 6) is 6.20. The molecule has 0 spiro atoms. The van der Waals surface area contributed by atoms with Crippen LogP contribution < -0.4 is 5.32 Å². The molecule has 0 amide bonds. The zero-order chi connectivity index (χ0) is 35.2. The summed E-state index contributed by atoms with van der Waals surface area (Å²) in [5, 5.41) is 7.28. The molecule has 6 aromatic carbocycles. The van der Waals surface area contributed by atoms with Crippen molar-refractivity contribution in [2.75, 3.05) is 5.32 Å². The molecule has 2 heteroatoms. The zero-order valence-corrected chi connectivity index (χ0v) is 29.3. The lowest BCUT2D eigenvalue weighted by Crippen LogP contribution is -1.97. The maximum Gasteiger partial charge on any atom is 0.0537 e. The molecule has 1 N–H and O–H groups in total. The van der Waals surface area contributed by atoms with Gasteiger partial charge in [-0.25, -0.2) is 0 Å². The second kappa shape index (κ2) is 14.9. The van der Waals surface area contributed by atoms with E-state index in [2.05, 4.69) is 194 Å². The Morgan fingerprint density at radius 3 is 2.18 bits per heavy atom. The lowest BCUT2D eigenvalue weighted by Gasteiger charge is -2.13. The van der Waals surface area contributed by atoms with Crippen LogP contribution in [0.2, 0.25) is 0 Å². The maximum absolute atomic E-state index is 3.89. The Bertz CT molecular complexity index is 2520. The molecule has 0 fully saturated rings. The molecule has 0 radical (unpaired) electrons. The SMILES string of the molecule is C=C/C=C\c1c(C)c2ccccc2n1-c1cccc(-c2ccc(Nc3ccc(/C(C)=C/C(=C\C#CC)c4cccc5ccccc45)cc3)cc2)c1. The van der Waals surface area contributed by atoms with E-state index in [-0.39, 0.29) is 0 Å². The van der Waals surface area contributed by atoms with E-state index < -0.39 is 0 Å². The van der Waals surface area contributed by atoms with E-state index in [1.165, 1.54) is 49.5 Å². The van der Waals surface area contributed by atoms with Crippen molar-refractivity contribution in [3.05, 3.63) is 193 Å². The Balaban J connectivity index is 1.10. The molecule has 0 aliphatic carbocycles. The van der Waals surface area contributed by atoms with Crippen molar-refractivity contribution in [2.45, 2.75) is 20.8 Å².